The monoisotopic (exact) mass is 194 g/mol. The molecule has 80 valence electrons. The minimum Gasteiger partial charge on any atom is -0.309 e. The molecule has 4 atom stereocenters. The number of piperidine rings is 1. The molecular weight excluding hydrogens is 172 g/mol. The fourth-order valence-electron chi connectivity index (χ4n) is 3.27. The van der Waals surface area contributed by atoms with Crippen LogP contribution in [0.25, 0.3) is 0 Å². The maximum absolute atomic E-state index is 3.86. The van der Waals surface area contributed by atoms with Crippen molar-refractivity contribution < 1.29 is 0 Å². The third-order valence-electron chi connectivity index (χ3n) is 4.39. The van der Waals surface area contributed by atoms with E-state index in [-0.39, 0.29) is 0 Å². The Morgan fingerprint density at radius 3 is 2.71 bits per heavy atom. The van der Waals surface area contributed by atoms with Gasteiger partial charge in [0.15, 0.2) is 0 Å². The third-order valence-corrected chi connectivity index (χ3v) is 4.39. The Balaban J connectivity index is 1.58. The Kier molecular flexibility index (Phi) is 2.29. The van der Waals surface area contributed by atoms with Gasteiger partial charge in [-0.05, 0) is 38.1 Å². The van der Waals surface area contributed by atoms with Crippen molar-refractivity contribution in [2.45, 2.75) is 57.2 Å². The minimum atomic E-state index is 0.824. The molecule has 0 bridgehead atoms. The van der Waals surface area contributed by atoms with Crippen LogP contribution in [0.3, 0.4) is 0 Å². The summed E-state index contributed by atoms with van der Waals surface area (Å²) in [6.45, 7) is 5.08. The predicted octanol–water partition coefficient (Wildman–Crippen LogP) is 1.61. The number of nitrogens with one attached hydrogen (secondary N) is 1. The highest BCUT2D eigenvalue weighted by Gasteiger charge is 2.40. The Labute approximate surface area is 87.0 Å². The van der Waals surface area contributed by atoms with Crippen molar-refractivity contribution in [3.05, 3.63) is 0 Å². The van der Waals surface area contributed by atoms with Gasteiger partial charge < -0.3 is 5.32 Å². The maximum atomic E-state index is 3.86. The van der Waals surface area contributed by atoms with Crippen LogP contribution in [-0.4, -0.2) is 36.1 Å². The molecule has 3 rings (SSSR count). The van der Waals surface area contributed by atoms with Gasteiger partial charge in [-0.1, -0.05) is 13.3 Å². The Hall–Kier alpha value is -0.0800. The van der Waals surface area contributed by atoms with Gasteiger partial charge in [0.25, 0.3) is 0 Å². The average molecular weight is 194 g/mol. The van der Waals surface area contributed by atoms with Crippen LogP contribution in [0.5, 0.6) is 0 Å². The van der Waals surface area contributed by atoms with Crippen LogP contribution >= 0.6 is 0 Å². The lowest BCUT2D eigenvalue weighted by Crippen LogP contribution is -2.45. The highest BCUT2D eigenvalue weighted by molar-refractivity contribution is 4.99. The van der Waals surface area contributed by atoms with Crippen LogP contribution in [0.15, 0.2) is 0 Å². The zero-order valence-electron chi connectivity index (χ0n) is 9.21. The molecule has 14 heavy (non-hydrogen) atoms. The molecule has 2 saturated heterocycles. The third kappa shape index (κ3) is 1.59. The van der Waals surface area contributed by atoms with Crippen molar-refractivity contribution in [1.82, 2.24) is 10.2 Å². The summed E-state index contributed by atoms with van der Waals surface area (Å²) in [7, 11) is 0. The largest absolute Gasteiger partial charge is 0.309 e. The van der Waals surface area contributed by atoms with E-state index in [0.717, 1.165) is 24.0 Å². The van der Waals surface area contributed by atoms with Crippen LogP contribution in [0.4, 0.5) is 0 Å². The molecule has 3 fully saturated rings. The van der Waals surface area contributed by atoms with E-state index < -0.39 is 0 Å². The van der Waals surface area contributed by atoms with Crippen LogP contribution in [0.1, 0.15) is 39.0 Å². The van der Waals surface area contributed by atoms with Crippen LogP contribution in [-0.2, 0) is 0 Å². The molecule has 0 radical (unpaired) electrons. The molecule has 2 heteroatoms. The SMILES string of the molecule is CC1CC1NC1CCN2CCCCC12. The summed E-state index contributed by atoms with van der Waals surface area (Å²) < 4.78 is 0. The number of nitrogens with zero attached hydrogens (tertiary/aromatic N) is 1. The molecule has 1 saturated carbocycles. The highest BCUT2D eigenvalue weighted by atomic mass is 15.2. The molecule has 4 unspecified atom stereocenters. The zero-order valence-corrected chi connectivity index (χ0v) is 9.21. The van der Waals surface area contributed by atoms with E-state index in [4.69, 9.17) is 0 Å². The van der Waals surface area contributed by atoms with Gasteiger partial charge in [0, 0.05) is 24.7 Å². The van der Waals surface area contributed by atoms with E-state index in [9.17, 15) is 0 Å². The maximum Gasteiger partial charge on any atom is 0.0249 e. The summed E-state index contributed by atoms with van der Waals surface area (Å²) in [5, 5.41) is 3.86. The van der Waals surface area contributed by atoms with Crippen LogP contribution in [0, 0.1) is 5.92 Å². The van der Waals surface area contributed by atoms with E-state index in [1.807, 2.05) is 0 Å². The highest BCUT2D eigenvalue weighted by Crippen LogP contribution is 2.33. The number of rotatable bonds is 2. The Morgan fingerprint density at radius 1 is 1.07 bits per heavy atom. The molecule has 0 aromatic heterocycles. The number of hydrogen-bond donors (Lipinski definition) is 1. The fourth-order valence-corrected chi connectivity index (χ4v) is 3.27. The molecule has 1 aliphatic carbocycles. The van der Waals surface area contributed by atoms with Crippen molar-refractivity contribution in [2.75, 3.05) is 13.1 Å². The van der Waals surface area contributed by atoms with Gasteiger partial charge in [0.05, 0.1) is 0 Å². The second kappa shape index (κ2) is 3.49. The van der Waals surface area contributed by atoms with Gasteiger partial charge in [0.1, 0.15) is 0 Å². The first-order chi connectivity index (χ1) is 6.84. The lowest BCUT2D eigenvalue weighted by molar-refractivity contribution is 0.179. The summed E-state index contributed by atoms with van der Waals surface area (Å²) >= 11 is 0. The smallest absolute Gasteiger partial charge is 0.0249 e. The lowest BCUT2D eigenvalue weighted by atomic mass is 9.99. The molecule has 0 aromatic rings. The summed E-state index contributed by atoms with van der Waals surface area (Å²) in [6, 6.07) is 2.57. The van der Waals surface area contributed by atoms with Gasteiger partial charge in [-0.2, -0.15) is 0 Å². The van der Waals surface area contributed by atoms with E-state index in [1.165, 1.54) is 45.2 Å². The zero-order chi connectivity index (χ0) is 9.54. The molecular formula is C12H22N2. The number of fused-ring (bicyclic) bond motifs is 1. The van der Waals surface area contributed by atoms with Crippen molar-refractivity contribution in [3.8, 4) is 0 Å². The first-order valence-corrected chi connectivity index (χ1v) is 6.35. The summed E-state index contributed by atoms with van der Waals surface area (Å²) in [5.74, 6) is 0.952. The molecule has 1 N–H and O–H groups in total. The van der Waals surface area contributed by atoms with E-state index in [1.54, 1.807) is 0 Å². The Morgan fingerprint density at radius 2 is 1.93 bits per heavy atom. The fraction of sp³-hybridized carbons (Fsp3) is 1.00. The van der Waals surface area contributed by atoms with Crippen LogP contribution in [0.2, 0.25) is 0 Å². The molecule has 0 spiro atoms. The van der Waals surface area contributed by atoms with Gasteiger partial charge in [-0.15, -0.1) is 0 Å². The van der Waals surface area contributed by atoms with Crippen LogP contribution < -0.4 is 5.32 Å². The molecule has 2 heterocycles. The minimum absolute atomic E-state index is 0.824. The predicted molar refractivity (Wildman–Crippen MR) is 58.3 cm³/mol. The molecule has 2 nitrogen and oxygen atoms in total. The lowest BCUT2D eigenvalue weighted by Gasteiger charge is -2.32. The standard InChI is InChI=1S/C12H22N2/c1-9-8-11(9)13-10-5-7-14-6-3-2-4-12(10)14/h9-13H,2-8H2,1H3. The Bertz CT molecular complexity index is 216. The average Bonchev–Trinajstić information content (AvgIpc) is 2.75. The molecule has 0 aromatic carbocycles. The van der Waals surface area contributed by atoms with Crippen molar-refractivity contribution in [3.63, 3.8) is 0 Å². The summed E-state index contributed by atoms with van der Waals surface area (Å²) in [6.07, 6.45) is 7.15. The molecule has 3 aliphatic rings. The van der Waals surface area contributed by atoms with Crippen molar-refractivity contribution in [1.29, 1.82) is 0 Å². The summed E-state index contributed by atoms with van der Waals surface area (Å²) in [4.78, 5) is 2.72. The normalized spacial score (nSPS) is 47.8. The second-order valence-electron chi connectivity index (χ2n) is 5.48. The second-order valence-corrected chi connectivity index (χ2v) is 5.48. The van der Waals surface area contributed by atoms with E-state index in [2.05, 4.69) is 17.1 Å². The number of hydrogen-bond acceptors (Lipinski definition) is 2. The van der Waals surface area contributed by atoms with Crippen molar-refractivity contribution >= 4 is 0 Å². The van der Waals surface area contributed by atoms with E-state index in [0.29, 0.717) is 0 Å². The van der Waals surface area contributed by atoms with Gasteiger partial charge in [-0.25, -0.2) is 0 Å². The van der Waals surface area contributed by atoms with Gasteiger partial charge in [-0.3, -0.25) is 4.90 Å². The van der Waals surface area contributed by atoms with Gasteiger partial charge in [0.2, 0.25) is 0 Å². The first-order valence-electron chi connectivity index (χ1n) is 6.35. The molecule has 2 aliphatic heterocycles. The van der Waals surface area contributed by atoms with Gasteiger partial charge >= 0.3 is 0 Å². The quantitative estimate of drug-likeness (QED) is 0.718. The topological polar surface area (TPSA) is 15.3 Å². The molecule has 0 amide bonds. The first kappa shape index (κ1) is 9.17. The van der Waals surface area contributed by atoms with Crippen molar-refractivity contribution in [2.24, 2.45) is 5.92 Å². The summed E-state index contributed by atoms with van der Waals surface area (Å²) in [5.41, 5.74) is 0. The van der Waals surface area contributed by atoms with E-state index >= 15 is 0 Å².